The zero-order valence-electron chi connectivity index (χ0n) is 20.3. The molecule has 1 amide bonds. The zero-order valence-corrected chi connectivity index (χ0v) is 21.1. The highest BCUT2D eigenvalue weighted by atomic mass is 32.1. The average Bonchev–Trinajstić information content (AvgIpc) is 3.29. The molecule has 0 saturated heterocycles. The molecular weight excluding hydrogens is 430 g/mol. The maximum Gasteiger partial charge on any atom is 0.251 e. The number of ether oxygens (including phenoxy) is 1. The van der Waals surface area contributed by atoms with Crippen LogP contribution in [0.5, 0.6) is 5.75 Å². The van der Waals surface area contributed by atoms with E-state index >= 15 is 0 Å². The quantitative estimate of drug-likeness (QED) is 0.404. The van der Waals surface area contributed by atoms with Gasteiger partial charge >= 0.3 is 0 Å². The van der Waals surface area contributed by atoms with Crippen LogP contribution in [0.1, 0.15) is 56.2 Å². The van der Waals surface area contributed by atoms with E-state index in [1.165, 1.54) is 0 Å². The fraction of sp³-hybridized carbons (Fsp3) is 0.407. The molecule has 3 aromatic rings. The lowest BCUT2D eigenvalue weighted by molar-refractivity contribution is 0.0949. The summed E-state index contributed by atoms with van der Waals surface area (Å²) in [6, 6.07) is 17.7. The molecule has 0 aliphatic carbocycles. The molecule has 0 radical (unpaired) electrons. The topological polar surface area (TPSA) is 54.5 Å². The fourth-order valence-corrected chi connectivity index (χ4v) is 4.25. The Kier molecular flexibility index (Phi) is 8.50. The lowest BCUT2D eigenvalue weighted by atomic mass is 9.93. The van der Waals surface area contributed by atoms with Gasteiger partial charge in [0.05, 0.1) is 12.2 Å². The highest BCUT2D eigenvalue weighted by Gasteiger charge is 2.20. The van der Waals surface area contributed by atoms with E-state index in [-0.39, 0.29) is 11.3 Å². The van der Waals surface area contributed by atoms with Gasteiger partial charge in [0.25, 0.3) is 5.91 Å². The summed E-state index contributed by atoms with van der Waals surface area (Å²) in [7, 11) is 0. The monoisotopic (exact) mass is 465 g/mol. The molecule has 5 nitrogen and oxygen atoms in total. The molecule has 1 aromatic heterocycles. The van der Waals surface area contributed by atoms with Crippen LogP contribution in [0.3, 0.4) is 0 Å². The molecule has 1 N–H and O–H groups in total. The van der Waals surface area contributed by atoms with Crippen molar-refractivity contribution in [3.8, 4) is 5.75 Å². The maximum atomic E-state index is 12.3. The van der Waals surface area contributed by atoms with E-state index in [9.17, 15) is 4.79 Å². The highest BCUT2D eigenvalue weighted by molar-refractivity contribution is 7.13. The lowest BCUT2D eigenvalue weighted by Crippen LogP contribution is -2.28. The van der Waals surface area contributed by atoms with Crippen LogP contribution in [0, 0.1) is 5.92 Å². The Morgan fingerprint density at radius 3 is 2.39 bits per heavy atom. The molecule has 0 saturated carbocycles. The van der Waals surface area contributed by atoms with Gasteiger partial charge in [-0.05, 0) is 35.7 Å². The first-order valence-corrected chi connectivity index (χ1v) is 12.4. The predicted octanol–water partition coefficient (Wildman–Crippen LogP) is 5.91. The van der Waals surface area contributed by atoms with E-state index in [4.69, 9.17) is 9.72 Å². The van der Waals surface area contributed by atoms with Crippen LogP contribution in [-0.4, -0.2) is 30.6 Å². The van der Waals surface area contributed by atoms with Crippen LogP contribution in [0.25, 0.3) is 0 Å². The van der Waals surface area contributed by atoms with E-state index in [1.807, 2.05) is 54.6 Å². The van der Waals surface area contributed by atoms with E-state index in [2.05, 4.69) is 50.2 Å². The molecular formula is C27H35N3O2S. The molecule has 0 aliphatic rings. The Hall–Kier alpha value is -2.86. The summed E-state index contributed by atoms with van der Waals surface area (Å²) in [6.07, 6.45) is 0. The van der Waals surface area contributed by atoms with Crippen molar-refractivity contribution in [1.29, 1.82) is 0 Å². The normalized spacial score (nSPS) is 11.5. The first-order valence-electron chi connectivity index (χ1n) is 11.5. The van der Waals surface area contributed by atoms with Crippen LogP contribution in [0.2, 0.25) is 0 Å². The number of para-hydroxylation sites is 1. The minimum absolute atomic E-state index is 0.00591. The molecule has 3 rings (SSSR count). The third kappa shape index (κ3) is 7.60. The second kappa shape index (κ2) is 11.3. The molecule has 176 valence electrons. The molecule has 0 aliphatic heterocycles. The van der Waals surface area contributed by atoms with Crippen molar-refractivity contribution in [2.45, 2.75) is 46.6 Å². The van der Waals surface area contributed by atoms with Crippen LogP contribution in [0.4, 0.5) is 5.13 Å². The predicted molar refractivity (Wildman–Crippen MR) is 137 cm³/mol. The number of hydrogen-bond acceptors (Lipinski definition) is 5. The van der Waals surface area contributed by atoms with Gasteiger partial charge in [-0.2, -0.15) is 0 Å². The summed E-state index contributed by atoms with van der Waals surface area (Å²) < 4.78 is 5.95. The SMILES string of the molecule is CC(C)CNC(=O)c1ccc(CN(CCOc2ccccc2)c2nc(C(C)(C)C)cs2)cc1. The number of nitrogens with one attached hydrogen (secondary N) is 1. The van der Waals surface area contributed by atoms with Gasteiger partial charge in [-0.3, -0.25) is 4.79 Å². The number of rotatable bonds is 10. The van der Waals surface area contributed by atoms with E-state index in [1.54, 1.807) is 11.3 Å². The number of amides is 1. The summed E-state index contributed by atoms with van der Waals surface area (Å²) in [4.78, 5) is 19.5. The Morgan fingerprint density at radius 1 is 1.09 bits per heavy atom. The Bertz CT molecular complexity index is 1010. The van der Waals surface area contributed by atoms with Gasteiger partial charge < -0.3 is 15.0 Å². The molecule has 6 heteroatoms. The van der Waals surface area contributed by atoms with Gasteiger partial charge in [0.1, 0.15) is 12.4 Å². The number of nitrogens with zero attached hydrogens (tertiary/aromatic N) is 2. The number of benzene rings is 2. The van der Waals surface area contributed by atoms with Gasteiger partial charge in [-0.15, -0.1) is 11.3 Å². The minimum atomic E-state index is -0.0295. The standard InChI is InChI=1S/C27H35N3O2S/c1-20(2)17-28-25(31)22-13-11-21(12-14-22)18-30(15-16-32-23-9-7-6-8-10-23)26-29-24(19-33-26)27(3,4)5/h6-14,19-20H,15-18H2,1-5H3,(H,28,31). The van der Waals surface area contributed by atoms with Crippen LogP contribution in [-0.2, 0) is 12.0 Å². The van der Waals surface area contributed by atoms with E-state index in [0.717, 1.165) is 22.1 Å². The molecule has 1 heterocycles. The molecule has 0 fully saturated rings. The van der Waals surface area contributed by atoms with Crippen molar-refractivity contribution in [3.05, 3.63) is 76.8 Å². The smallest absolute Gasteiger partial charge is 0.251 e. The van der Waals surface area contributed by atoms with Gasteiger partial charge in [0.2, 0.25) is 0 Å². The molecule has 0 bridgehead atoms. The Morgan fingerprint density at radius 2 is 1.79 bits per heavy atom. The van der Waals surface area contributed by atoms with Gasteiger partial charge in [0.15, 0.2) is 5.13 Å². The number of anilines is 1. The molecule has 33 heavy (non-hydrogen) atoms. The summed E-state index contributed by atoms with van der Waals surface area (Å²) in [5.74, 6) is 1.26. The third-order valence-electron chi connectivity index (χ3n) is 5.16. The Labute approximate surface area is 201 Å². The summed E-state index contributed by atoms with van der Waals surface area (Å²) >= 11 is 1.66. The largest absolute Gasteiger partial charge is 0.492 e. The van der Waals surface area contributed by atoms with Gasteiger partial charge in [0, 0.05) is 29.4 Å². The molecule has 2 aromatic carbocycles. The maximum absolute atomic E-state index is 12.3. The van der Waals surface area contributed by atoms with Crippen LogP contribution in [0.15, 0.2) is 60.0 Å². The summed E-state index contributed by atoms with van der Waals surface area (Å²) in [6.45, 7) is 13.4. The van der Waals surface area contributed by atoms with Crippen molar-refractivity contribution in [3.63, 3.8) is 0 Å². The number of carbonyl (C=O) groups excluding carboxylic acids is 1. The average molecular weight is 466 g/mol. The highest BCUT2D eigenvalue weighted by Crippen LogP contribution is 2.29. The van der Waals surface area contributed by atoms with Crippen molar-refractivity contribution >= 4 is 22.4 Å². The van der Waals surface area contributed by atoms with Crippen molar-refractivity contribution in [2.75, 3.05) is 24.6 Å². The van der Waals surface area contributed by atoms with Crippen LogP contribution < -0.4 is 15.0 Å². The number of hydrogen-bond donors (Lipinski definition) is 1. The lowest BCUT2D eigenvalue weighted by Gasteiger charge is -2.23. The second-order valence-corrected chi connectivity index (χ2v) is 10.5. The van der Waals surface area contributed by atoms with Crippen molar-refractivity contribution in [1.82, 2.24) is 10.3 Å². The molecule has 0 spiro atoms. The third-order valence-corrected chi connectivity index (χ3v) is 6.07. The van der Waals surface area contributed by atoms with E-state index < -0.39 is 0 Å². The molecule has 0 unspecified atom stereocenters. The van der Waals surface area contributed by atoms with Gasteiger partial charge in [-0.25, -0.2) is 4.98 Å². The first kappa shape index (κ1) is 24.8. The summed E-state index contributed by atoms with van der Waals surface area (Å²) in [5, 5.41) is 6.09. The van der Waals surface area contributed by atoms with Crippen LogP contribution >= 0.6 is 11.3 Å². The number of carbonyl (C=O) groups is 1. The van der Waals surface area contributed by atoms with E-state index in [0.29, 0.717) is 37.7 Å². The minimum Gasteiger partial charge on any atom is -0.492 e. The number of aromatic nitrogens is 1. The fourth-order valence-electron chi connectivity index (χ4n) is 3.17. The van der Waals surface area contributed by atoms with Crippen molar-refractivity contribution < 1.29 is 9.53 Å². The Balaban J connectivity index is 1.70. The number of thiazole rings is 1. The van der Waals surface area contributed by atoms with Gasteiger partial charge in [-0.1, -0.05) is 65.0 Å². The second-order valence-electron chi connectivity index (χ2n) is 9.65. The zero-order chi connectivity index (χ0) is 23.8. The summed E-state index contributed by atoms with van der Waals surface area (Å²) in [5.41, 5.74) is 2.91. The van der Waals surface area contributed by atoms with Crippen molar-refractivity contribution in [2.24, 2.45) is 5.92 Å². The molecule has 0 atom stereocenters. The first-order chi connectivity index (χ1) is 15.7.